The molecule has 0 fully saturated rings. The van der Waals surface area contributed by atoms with Gasteiger partial charge in [-0.1, -0.05) is 106 Å². The molecule has 5 N–H and O–H groups in total. The van der Waals surface area contributed by atoms with Gasteiger partial charge in [-0.15, -0.1) is 0 Å². The molecule has 0 heterocycles. The van der Waals surface area contributed by atoms with Crippen LogP contribution in [0.4, 0.5) is 24.0 Å². The quantitative estimate of drug-likeness (QED) is 0.0161. The van der Waals surface area contributed by atoms with Crippen LogP contribution in [-0.2, 0) is 94.9 Å². The molecule has 3 aromatic rings. The van der Waals surface area contributed by atoms with Crippen LogP contribution < -0.4 is 26.6 Å². The number of alkyl carbamates (subject to hydrolysis) is 5. The largest absolute Gasteiger partial charge is 0.464 e. The van der Waals surface area contributed by atoms with Gasteiger partial charge in [-0.25, -0.2) is 38.4 Å². The number of nitrogens with one attached hydrogen (secondary N) is 5. The highest BCUT2D eigenvalue weighted by molar-refractivity contribution is 5.88. The first-order valence-corrected chi connectivity index (χ1v) is 29.7. The Kier molecular flexibility index (Phi) is 28.8. The maximum Gasteiger partial charge on any atom is 0.407 e. The minimum atomic E-state index is -0.978. The van der Waals surface area contributed by atoms with Crippen molar-refractivity contribution in [1.82, 2.24) is 31.5 Å². The third kappa shape index (κ3) is 26.6. The maximum atomic E-state index is 13.6. The van der Waals surface area contributed by atoms with Crippen LogP contribution in [0.25, 0.3) is 0 Å². The van der Waals surface area contributed by atoms with Gasteiger partial charge in [0.1, 0.15) is 59.5 Å². The number of esters is 4. The fourth-order valence-corrected chi connectivity index (χ4v) is 8.59. The van der Waals surface area contributed by atoms with E-state index < -0.39 is 87.5 Å². The van der Waals surface area contributed by atoms with Crippen molar-refractivity contribution in [1.29, 1.82) is 0 Å². The van der Waals surface area contributed by atoms with E-state index in [1.165, 1.54) is 20.8 Å². The van der Waals surface area contributed by atoms with Crippen molar-refractivity contribution >= 4 is 54.3 Å². The highest BCUT2D eigenvalue weighted by Gasteiger charge is 2.33. The Labute approximate surface area is 534 Å². The molecule has 24 nitrogen and oxygen atoms in total. The van der Waals surface area contributed by atoms with E-state index >= 15 is 0 Å². The lowest BCUT2D eigenvalue weighted by atomic mass is 9.79. The molecular weight excluding hydrogens is 1180 g/mol. The lowest BCUT2D eigenvalue weighted by molar-refractivity contribution is -0.145. The van der Waals surface area contributed by atoms with Gasteiger partial charge in [0, 0.05) is 41.8 Å². The SMILES string of the molecule is C=C(C)C(=O)OCCOC(=O)NC(C)(C)c1cccc(C(C)(C)CC(=O)OCCN(CCOC(=O)NC(C)(C)c2cccc(C(C)(C)NC(=O)OCCOC(=O)C(=C)C)c2)CCOC(=O)NC(C)(C)c2cccc(C(C)(C)NC(=O)OCCOC(=O)C(=C)C)c2)c1. The molecule has 24 heteroatoms. The van der Waals surface area contributed by atoms with Crippen molar-refractivity contribution in [2.24, 2.45) is 0 Å². The molecule has 0 saturated heterocycles. The molecule has 3 aromatic carbocycles. The molecule has 0 radical (unpaired) electrons. The van der Waals surface area contributed by atoms with E-state index in [9.17, 15) is 43.2 Å². The van der Waals surface area contributed by atoms with E-state index in [1.54, 1.807) is 81.4 Å². The van der Waals surface area contributed by atoms with Gasteiger partial charge < -0.3 is 69.2 Å². The van der Waals surface area contributed by atoms with Gasteiger partial charge in [-0.05, 0) is 123 Å². The Morgan fingerprint density at radius 3 is 0.824 bits per heavy atom. The smallest absolute Gasteiger partial charge is 0.407 e. The molecule has 0 aliphatic rings. The van der Waals surface area contributed by atoms with Gasteiger partial charge in [0.15, 0.2) is 0 Å². The van der Waals surface area contributed by atoms with Crippen molar-refractivity contribution < 1.29 is 85.8 Å². The average molecular weight is 1270 g/mol. The minimum absolute atomic E-state index is 0.0208. The monoisotopic (exact) mass is 1270 g/mol. The summed E-state index contributed by atoms with van der Waals surface area (Å²) in [5, 5.41) is 14.3. The van der Waals surface area contributed by atoms with Gasteiger partial charge in [0.2, 0.25) is 0 Å². The van der Waals surface area contributed by atoms with Crippen LogP contribution in [0.2, 0.25) is 0 Å². The van der Waals surface area contributed by atoms with Crippen molar-refractivity contribution in [3.8, 4) is 0 Å². The lowest BCUT2D eigenvalue weighted by Gasteiger charge is -2.31. The molecule has 0 unspecified atom stereocenters. The predicted molar refractivity (Wildman–Crippen MR) is 339 cm³/mol. The van der Waals surface area contributed by atoms with Crippen LogP contribution in [-0.4, -0.2) is 138 Å². The first-order valence-electron chi connectivity index (χ1n) is 29.7. The molecule has 0 aliphatic heterocycles. The van der Waals surface area contributed by atoms with Gasteiger partial charge in [0.25, 0.3) is 0 Å². The molecule has 0 spiro atoms. The number of carbonyl (C=O) groups is 9. The van der Waals surface area contributed by atoms with E-state index in [4.69, 9.17) is 42.6 Å². The number of hydrogen-bond acceptors (Lipinski definition) is 19. The molecule has 0 saturated carbocycles. The summed E-state index contributed by atoms with van der Waals surface area (Å²) in [6.07, 6.45) is -3.68. The zero-order valence-electron chi connectivity index (χ0n) is 55.5. The number of ether oxygens (including phenoxy) is 9. The molecule has 0 bridgehead atoms. The van der Waals surface area contributed by atoms with Gasteiger partial charge in [-0.3, -0.25) is 9.69 Å². The molecular formula is C67H94N6O18. The fourth-order valence-electron chi connectivity index (χ4n) is 8.59. The van der Waals surface area contributed by atoms with Gasteiger partial charge >= 0.3 is 54.3 Å². The van der Waals surface area contributed by atoms with Crippen LogP contribution in [0.1, 0.15) is 144 Å². The number of carbonyl (C=O) groups excluding carboxylic acids is 9. The van der Waals surface area contributed by atoms with E-state index in [2.05, 4.69) is 46.3 Å². The normalized spacial score (nSPS) is 11.8. The van der Waals surface area contributed by atoms with Crippen LogP contribution in [0.3, 0.4) is 0 Å². The summed E-state index contributed by atoms with van der Waals surface area (Å²) in [4.78, 5) is 116. The molecule has 3 rings (SSSR count). The van der Waals surface area contributed by atoms with Crippen molar-refractivity contribution in [2.75, 3.05) is 79.1 Å². The maximum absolute atomic E-state index is 13.6. The summed E-state index contributed by atoms with van der Waals surface area (Å²) in [5.74, 6) is -2.28. The van der Waals surface area contributed by atoms with Crippen LogP contribution in [0.5, 0.6) is 0 Å². The Morgan fingerprint density at radius 1 is 0.341 bits per heavy atom. The summed E-state index contributed by atoms with van der Waals surface area (Å²) in [6, 6.07) is 21.9. The number of nitrogens with zero attached hydrogens (tertiary/aromatic N) is 1. The average Bonchev–Trinajstić information content (AvgIpc) is 1.32. The lowest BCUT2D eigenvalue weighted by Crippen LogP contribution is -2.44. The Bertz CT molecular complexity index is 2770. The van der Waals surface area contributed by atoms with Crippen molar-refractivity contribution in [3.63, 3.8) is 0 Å². The van der Waals surface area contributed by atoms with Crippen LogP contribution >= 0.6 is 0 Å². The number of amides is 5. The molecule has 91 heavy (non-hydrogen) atoms. The molecule has 0 aliphatic carbocycles. The standard InChI is InChI=1S/C67H94N6O18/c1-44(2)54(75)84-34-37-89-59(80)70-63(9,10)48-23-19-22-47(40-48)62(7,8)43-53(74)83-31-28-73(29-32-87-57(78)68-64(11,12)49-24-20-26-51(41-49)66(15,16)71-60(81)90-38-35-85-55(76)45(3)4)30-33-88-58(79)69-65(13,14)50-25-21-27-52(42-50)67(17,18)72-61(82)91-39-36-86-56(77)46(5)6/h19-27,40-42H,1,3,5,28-39,43H2,2,4,6-18H3,(H,68,78)(H,69,79)(H,70,80)(H,71,81)(H,72,82). The zero-order valence-corrected chi connectivity index (χ0v) is 55.5. The van der Waals surface area contributed by atoms with E-state index in [0.717, 1.165) is 11.1 Å². The fraction of sp³-hybridized carbons (Fsp3) is 0.507. The zero-order chi connectivity index (χ0) is 68.5. The molecule has 0 atom stereocenters. The first-order chi connectivity index (χ1) is 42.3. The summed E-state index contributed by atoms with van der Waals surface area (Å²) in [7, 11) is 0. The Balaban J connectivity index is 1.70. The van der Waals surface area contributed by atoms with E-state index in [-0.39, 0.29) is 102 Å². The molecule has 0 aromatic heterocycles. The molecule has 500 valence electrons. The summed E-state index contributed by atoms with van der Waals surface area (Å²) in [6.45, 7) is 35.9. The second kappa shape index (κ2) is 34.3. The topological polar surface area (TPSA) is 300 Å². The van der Waals surface area contributed by atoms with E-state index in [1.807, 2.05) is 79.4 Å². The van der Waals surface area contributed by atoms with Crippen molar-refractivity contribution in [2.45, 2.75) is 143 Å². The van der Waals surface area contributed by atoms with Gasteiger partial charge in [-0.2, -0.15) is 0 Å². The van der Waals surface area contributed by atoms with Gasteiger partial charge in [0.05, 0.1) is 34.1 Å². The number of hydrogen-bond donors (Lipinski definition) is 5. The second-order valence-corrected chi connectivity index (χ2v) is 25.0. The second-order valence-electron chi connectivity index (χ2n) is 25.0. The van der Waals surface area contributed by atoms with Crippen LogP contribution in [0, 0.1) is 0 Å². The predicted octanol–water partition coefficient (Wildman–Crippen LogP) is 9.76. The highest BCUT2D eigenvalue weighted by atomic mass is 16.6. The summed E-state index contributed by atoms with van der Waals surface area (Å²) < 4.78 is 47.8. The third-order valence-electron chi connectivity index (χ3n) is 14.3. The Morgan fingerprint density at radius 2 is 0.560 bits per heavy atom. The minimum Gasteiger partial charge on any atom is -0.464 e. The summed E-state index contributed by atoms with van der Waals surface area (Å²) in [5.41, 5.74) is -0.498. The van der Waals surface area contributed by atoms with Crippen molar-refractivity contribution in [3.05, 3.63) is 143 Å². The highest BCUT2D eigenvalue weighted by Crippen LogP contribution is 2.32. The summed E-state index contributed by atoms with van der Waals surface area (Å²) >= 11 is 0. The number of benzene rings is 3. The van der Waals surface area contributed by atoms with E-state index in [0.29, 0.717) is 22.3 Å². The Hall–Kier alpha value is -8.93. The third-order valence-corrected chi connectivity index (χ3v) is 14.3. The van der Waals surface area contributed by atoms with Crippen LogP contribution in [0.15, 0.2) is 109 Å². The molecule has 5 amide bonds. The number of rotatable bonds is 34. The first kappa shape index (κ1) is 76.3.